The number of piperazine rings is 1. The second-order valence-corrected chi connectivity index (χ2v) is 6.84. The molecule has 1 aliphatic rings. The second kappa shape index (κ2) is 7.68. The third-order valence-corrected chi connectivity index (χ3v) is 4.62. The number of rotatable bonds is 3. The van der Waals surface area contributed by atoms with Gasteiger partial charge in [-0.15, -0.1) is 0 Å². The topological polar surface area (TPSA) is 47.6 Å². The van der Waals surface area contributed by atoms with Crippen molar-refractivity contribution in [1.82, 2.24) is 4.90 Å². The summed E-state index contributed by atoms with van der Waals surface area (Å²) in [5, 5.41) is 5.67. The van der Waals surface area contributed by atoms with Crippen LogP contribution in [0.25, 0.3) is 0 Å². The highest BCUT2D eigenvalue weighted by atomic mass is 79.9. The molecule has 1 aliphatic heterocycles. The Balaban J connectivity index is 1.55. The minimum absolute atomic E-state index is 0.246. The standard InChI is InChI=1S/C18H21BrN4O/c1-22-10-12-23(13-11-22)17-8-6-16(7-9-17)21-18(24)20-15-4-2-14(19)3-5-15/h2-9H,10-13H2,1H3,(H2,20,21,24). The summed E-state index contributed by atoms with van der Waals surface area (Å²) in [6.07, 6.45) is 0. The highest BCUT2D eigenvalue weighted by molar-refractivity contribution is 9.10. The van der Waals surface area contributed by atoms with E-state index in [9.17, 15) is 4.79 Å². The summed E-state index contributed by atoms with van der Waals surface area (Å²) in [5.41, 5.74) is 2.73. The van der Waals surface area contributed by atoms with Crippen LogP contribution in [0.15, 0.2) is 53.0 Å². The monoisotopic (exact) mass is 388 g/mol. The van der Waals surface area contributed by atoms with Gasteiger partial charge >= 0.3 is 6.03 Å². The van der Waals surface area contributed by atoms with Gasteiger partial charge in [0, 0.05) is 47.7 Å². The smallest absolute Gasteiger partial charge is 0.323 e. The molecule has 1 fully saturated rings. The van der Waals surface area contributed by atoms with Crippen LogP contribution in [0.1, 0.15) is 0 Å². The number of hydrogen-bond donors (Lipinski definition) is 2. The van der Waals surface area contributed by atoms with Gasteiger partial charge in [-0.2, -0.15) is 0 Å². The summed E-state index contributed by atoms with van der Waals surface area (Å²) >= 11 is 3.37. The SMILES string of the molecule is CN1CCN(c2ccc(NC(=O)Nc3ccc(Br)cc3)cc2)CC1. The van der Waals surface area contributed by atoms with Crippen LogP contribution in [0.2, 0.25) is 0 Å². The molecule has 0 bridgehead atoms. The highest BCUT2D eigenvalue weighted by Crippen LogP contribution is 2.20. The highest BCUT2D eigenvalue weighted by Gasteiger charge is 2.14. The van der Waals surface area contributed by atoms with E-state index in [-0.39, 0.29) is 6.03 Å². The van der Waals surface area contributed by atoms with E-state index < -0.39 is 0 Å². The molecule has 24 heavy (non-hydrogen) atoms. The molecule has 2 aromatic rings. The van der Waals surface area contributed by atoms with E-state index in [0.717, 1.165) is 42.0 Å². The van der Waals surface area contributed by atoms with E-state index in [4.69, 9.17) is 0 Å². The predicted octanol–water partition coefficient (Wildman–Crippen LogP) is 3.84. The molecule has 0 aliphatic carbocycles. The zero-order valence-corrected chi connectivity index (χ0v) is 15.2. The van der Waals surface area contributed by atoms with E-state index >= 15 is 0 Å². The summed E-state index contributed by atoms with van der Waals surface area (Å²) in [6.45, 7) is 4.23. The molecule has 1 saturated heterocycles. The molecule has 0 unspecified atom stereocenters. The molecular formula is C18H21BrN4O. The average molecular weight is 389 g/mol. The van der Waals surface area contributed by atoms with Gasteiger partial charge in [0.1, 0.15) is 0 Å². The zero-order valence-electron chi connectivity index (χ0n) is 13.6. The molecule has 0 spiro atoms. The Kier molecular flexibility index (Phi) is 5.37. The van der Waals surface area contributed by atoms with Crippen molar-refractivity contribution in [1.29, 1.82) is 0 Å². The van der Waals surface area contributed by atoms with Gasteiger partial charge in [-0.05, 0) is 55.6 Å². The van der Waals surface area contributed by atoms with E-state index in [0.29, 0.717) is 0 Å². The number of nitrogens with one attached hydrogen (secondary N) is 2. The third kappa shape index (κ3) is 4.49. The summed E-state index contributed by atoms with van der Waals surface area (Å²) in [6, 6.07) is 15.2. The van der Waals surface area contributed by atoms with E-state index in [1.807, 2.05) is 36.4 Å². The number of anilines is 3. The molecule has 1 heterocycles. The van der Waals surface area contributed by atoms with Crippen molar-refractivity contribution in [3.8, 4) is 0 Å². The normalized spacial score (nSPS) is 15.2. The molecule has 0 aromatic heterocycles. The summed E-state index contributed by atoms with van der Waals surface area (Å²) < 4.78 is 0.980. The van der Waals surface area contributed by atoms with Gasteiger partial charge in [0.25, 0.3) is 0 Å². The van der Waals surface area contributed by atoms with Gasteiger partial charge in [0.05, 0.1) is 0 Å². The summed E-state index contributed by atoms with van der Waals surface area (Å²) in [4.78, 5) is 16.7. The maximum absolute atomic E-state index is 12.0. The number of halogens is 1. The van der Waals surface area contributed by atoms with Gasteiger partial charge in [-0.1, -0.05) is 15.9 Å². The number of likely N-dealkylation sites (N-methyl/N-ethyl adjacent to an activating group) is 1. The number of benzene rings is 2. The van der Waals surface area contributed by atoms with Gasteiger partial charge in [0.2, 0.25) is 0 Å². The molecule has 0 saturated carbocycles. The lowest BCUT2D eigenvalue weighted by Crippen LogP contribution is -2.44. The first-order valence-corrected chi connectivity index (χ1v) is 8.76. The van der Waals surface area contributed by atoms with Crippen LogP contribution >= 0.6 is 15.9 Å². The lowest BCUT2D eigenvalue weighted by atomic mass is 10.2. The first kappa shape index (κ1) is 16.8. The molecule has 0 atom stereocenters. The first-order chi connectivity index (χ1) is 11.6. The fraction of sp³-hybridized carbons (Fsp3) is 0.278. The van der Waals surface area contributed by atoms with Gasteiger partial charge in [-0.25, -0.2) is 4.79 Å². The molecule has 6 heteroatoms. The molecule has 5 nitrogen and oxygen atoms in total. The number of urea groups is 1. The molecule has 0 radical (unpaired) electrons. The van der Waals surface area contributed by atoms with Crippen LogP contribution in [0, 0.1) is 0 Å². The Morgan fingerprint density at radius 1 is 0.875 bits per heavy atom. The van der Waals surface area contributed by atoms with Crippen molar-refractivity contribution in [2.24, 2.45) is 0 Å². The lowest BCUT2D eigenvalue weighted by molar-refractivity contribution is 0.262. The van der Waals surface area contributed by atoms with Crippen molar-refractivity contribution >= 4 is 39.0 Å². The van der Waals surface area contributed by atoms with Crippen LogP contribution in [-0.4, -0.2) is 44.2 Å². The molecule has 2 N–H and O–H groups in total. The van der Waals surface area contributed by atoms with E-state index in [1.54, 1.807) is 0 Å². The zero-order chi connectivity index (χ0) is 16.9. The Labute approximate surface area is 150 Å². The average Bonchev–Trinajstić information content (AvgIpc) is 2.58. The Morgan fingerprint density at radius 2 is 1.38 bits per heavy atom. The van der Waals surface area contributed by atoms with Crippen LogP contribution < -0.4 is 15.5 Å². The van der Waals surface area contributed by atoms with Crippen LogP contribution in [0.5, 0.6) is 0 Å². The minimum Gasteiger partial charge on any atom is -0.369 e. The number of carbonyl (C=O) groups excluding carboxylic acids is 1. The number of amides is 2. The maximum atomic E-state index is 12.0. The number of nitrogens with zero attached hydrogens (tertiary/aromatic N) is 2. The van der Waals surface area contributed by atoms with Gasteiger partial charge < -0.3 is 20.4 Å². The van der Waals surface area contributed by atoms with Crippen molar-refractivity contribution in [3.63, 3.8) is 0 Å². The second-order valence-electron chi connectivity index (χ2n) is 5.92. The largest absolute Gasteiger partial charge is 0.369 e. The van der Waals surface area contributed by atoms with Crippen LogP contribution in [0.4, 0.5) is 21.9 Å². The Hall–Kier alpha value is -2.05. The number of hydrogen-bond acceptors (Lipinski definition) is 3. The van der Waals surface area contributed by atoms with Gasteiger partial charge in [-0.3, -0.25) is 0 Å². The van der Waals surface area contributed by atoms with Gasteiger partial charge in [0.15, 0.2) is 0 Å². The molecule has 126 valence electrons. The Bertz CT molecular complexity index is 679. The summed E-state index contributed by atoms with van der Waals surface area (Å²) in [7, 11) is 2.15. The van der Waals surface area contributed by atoms with Crippen molar-refractivity contribution < 1.29 is 4.79 Å². The van der Waals surface area contributed by atoms with Crippen molar-refractivity contribution in [3.05, 3.63) is 53.0 Å². The molecule has 2 aromatic carbocycles. The third-order valence-electron chi connectivity index (χ3n) is 4.10. The first-order valence-electron chi connectivity index (χ1n) is 7.97. The molecule has 3 rings (SSSR count). The van der Waals surface area contributed by atoms with Crippen molar-refractivity contribution in [2.75, 3.05) is 48.8 Å². The minimum atomic E-state index is -0.246. The van der Waals surface area contributed by atoms with Crippen LogP contribution in [0.3, 0.4) is 0 Å². The lowest BCUT2D eigenvalue weighted by Gasteiger charge is -2.34. The fourth-order valence-corrected chi connectivity index (χ4v) is 2.91. The Morgan fingerprint density at radius 3 is 1.92 bits per heavy atom. The van der Waals surface area contributed by atoms with E-state index in [2.05, 4.69) is 55.5 Å². The maximum Gasteiger partial charge on any atom is 0.323 e. The molecule has 2 amide bonds. The molecular weight excluding hydrogens is 368 g/mol. The number of carbonyl (C=O) groups is 1. The predicted molar refractivity (Wildman–Crippen MR) is 103 cm³/mol. The quantitative estimate of drug-likeness (QED) is 0.839. The van der Waals surface area contributed by atoms with Crippen molar-refractivity contribution in [2.45, 2.75) is 0 Å². The fourth-order valence-electron chi connectivity index (χ4n) is 2.65. The van der Waals surface area contributed by atoms with E-state index in [1.165, 1.54) is 5.69 Å². The summed E-state index contributed by atoms with van der Waals surface area (Å²) in [5.74, 6) is 0. The van der Waals surface area contributed by atoms with Crippen LogP contribution in [-0.2, 0) is 0 Å².